The second-order valence-electron chi connectivity index (χ2n) is 3.83. The van der Waals surface area contributed by atoms with E-state index >= 15 is 0 Å². The van der Waals surface area contributed by atoms with E-state index in [9.17, 15) is 0 Å². The SMILES string of the molecule is NCc1cc(CN2CCCCC2)no1. The molecule has 0 aliphatic carbocycles. The van der Waals surface area contributed by atoms with Gasteiger partial charge in [-0.3, -0.25) is 4.90 Å². The van der Waals surface area contributed by atoms with Crippen LogP contribution in [0.15, 0.2) is 10.6 Å². The first-order valence-electron chi connectivity index (χ1n) is 5.25. The molecule has 0 aromatic carbocycles. The van der Waals surface area contributed by atoms with Gasteiger partial charge in [-0.2, -0.15) is 0 Å². The number of aromatic nitrogens is 1. The molecule has 1 aliphatic rings. The van der Waals surface area contributed by atoms with E-state index in [1.165, 1.54) is 32.4 Å². The van der Waals surface area contributed by atoms with Crippen molar-refractivity contribution in [2.45, 2.75) is 32.4 Å². The van der Waals surface area contributed by atoms with E-state index in [-0.39, 0.29) is 0 Å². The van der Waals surface area contributed by atoms with Crippen molar-refractivity contribution < 1.29 is 4.52 Å². The Labute approximate surface area is 84.0 Å². The molecule has 1 aromatic rings. The summed E-state index contributed by atoms with van der Waals surface area (Å²) < 4.78 is 5.05. The molecule has 78 valence electrons. The van der Waals surface area contributed by atoms with Crippen molar-refractivity contribution in [2.75, 3.05) is 13.1 Å². The molecule has 0 bridgehead atoms. The van der Waals surface area contributed by atoms with E-state index in [0.717, 1.165) is 18.0 Å². The molecular formula is C10H17N3O. The van der Waals surface area contributed by atoms with Crippen LogP contribution in [-0.4, -0.2) is 23.1 Å². The van der Waals surface area contributed by atoms with Crippen LogP contribution in [0.5, 0.6) is 0 Å². The van der Waals surface area contributed by atoms with Crippen molar-refractivity contribution in [1.29, 1.82) is 0 Å². The molecule has 2 heterocycles. The lowest BCUT2D eigenvalue weighted by molar-refractivity contribution is 0.214. The molecule has 0 atom stereocenters. The van der Waals surface area contributed by atoms with Gasteiger partial charge in [-0.1, -0.05) is 11.6 Å². The molecule has 1 aromatic heterocycles. The lowest BCUT2D eigenvalue weighted by Crippen LogP contribution is -2.29. The zero-order valence-electron chi connectivity index (χ0n) is 8.41. The molecular weight excluding hydrogens is 178 g/mol. The maximum absolute atomic E-state index is 5.45. The minimum atomic E-state index is 0.438. The molecule has 1 fully saturated rings. The average molecular weight is 195 g/mol. The fourth-order valence-electron chi connectivity index (χ4n) is 1.87. The first-order chi connectivity index (χ1) is 6.88. The van der Waals surface area contributed by atoms with Gasteiger partial charge in [-0.15, -0.1) is 0 Å². The van der Waals surface area contributed by atoms with E-state index in [1.54, 1.807) is 0 Å². The minimum absolute atomic E-state index is 0.438. The Bertz CT molecular complexity index is 279. The Morgan fingerprint density at radius 3 is 2.79 bits per heavy atom. The average Bonchev–Trinajstić information content (AvgIpc) is 2.67. The first-order valence-corrected chi connectivity index (χ1v) is 5.25. The summed E-state index contributed by atoms with van der Waals surface area (Å²) in [7, 11) is 0. The molecule has 0 amide bonds. The first kappa shape index (κ1) is 9.68. The number of rotatable bonds is 3. The lowest BCUT2D eigenvalue weighted by Gasteiger charge is -2.25. The van der Waals surface area contributed by atoms with Gasteiger partial charge in [0.1, 0.15) is 0 Å². The van der Waals surface area contributed by atoms with Crippen LogP contribution in [0.1, 0.15) is 30.7 Å². The third-order valence-corrected chi connectivity index (χ3v) is 2.64. The Balaban J connectivity index is 1.89. The number of hydrogen-bond acceptors (Lipinski definition) is 4. The van der Waals surface area contributed by atoms with Gasteiger partial charge in [0, 0.05) is 12.6 Å². The monoisotopic (exact) mass is 195 g/mol. The predicted molar refractivity (Wildman–Crippen MR) is 53.5 cm³/mol. The van der Waals surface area contributed by atoms with Gasteiger partial charge >= 0.3 is 0 Å². The molecule has 1 saturated heterocycles. The highest BCUT2D eigenvalue weighted by Crippen LogP contribution is 2.12. The summed E-state index contributed by atoms with van der Waals surface area (Å²) in [6, 6.07) is 1.95. The Kier molecular flexibility index (Phi) is 3.16. The number of piperidine rings is 1. The maximum Gasteiger partial charge on any atom is 0.150 e. The Hall–Kier alpha value is -0.870. The van der Waals surface area contributed by atoms with Crippen LogP contribution >= 0.6 is 0 Å². The molecule has 14 heavy (non-hydrogen) atoms. The second kappa shape index (κ2) is 4.57. The summed E-state index contributed by atoms with van der Waals surface area (Å²) in [5.41, 5.74) is 6.46. The van der Waals surface area contributed by atoms with Gasteiger partial charge in [-0.25, -0.2) is 0 Å². The van der Waals surface area contributed by atoms with Crippen LogP contribution in [-0.2, 0) is 13.1 Å². The number of nitrogens with zero attached hydrogens (tertiary/aromatic N) is 2. The topological polar surface area (TPSA) is 55.3 Å². The van der Waals surface area contributed by atoms with Crippen molar-refractivity contribution in [2.24, 2.45) is 5.73 Å². The normalized spacial score (nSPS) is 18.6. The standard InChI is InChI=1S/C10H17N3O/c11-7-10-6-9(12-14-10)8-13-4-2-1-3-5-13/h6H,1-5,7-8,11H2. The molecule has 0 saturated carbocycles. The fourth-order valence-corrected chi connectivity index (χ4v) is 1.87. The molecule has 2 N–H and O–H groups in total. The van der Waals surface area contributed by atoms with E-state index in [0.29, 0.717) is 6.54 Å². The number of hydrogen-bond donors (Lipinski definition) is 1. The van der Waals surface area contributed by atoms with Crippen LogP contribution in [0, 0.1) is 0 Å². The molecule has 4 nitrogen and oxygen atoms in total. The van der Waals surface area contributed by atoms with E-state index < -0.39 is 0 Å². The minimum Gasteiger partial charge on any atom is -0.360 e. The molecule has 4 heteroatoms. The number of nitrogens with two attached hydrogens (primary N) is 1. The van der Waals surface area contributed by atoms with Gasteiger partial charge in [0.25, 0.3) is 0 Å². The highest BCUT2D eigenvalue weighted by molar-refractivity contribution is 5.04. The predicted octanol–water partition coefficient (Wildman–Crippen LogP) is 1.12. The summed E-state index contributed by atoms with van der Waals surface area (Å²) in [6.45, 7) is 3.71. The van der Waals surface area contributed by atoms with Crippen LogP contribution in [0.25, 0.3) is 0 Å². The van der Waals surface area contributed by atoms with Gasteiger partial charge in [-0.05, 0) is 25.9 Å². The molecule has 0 unspecified atom stereocenters. The zero-order valence-corrected chi connectivity index (χ0v) is 8.41. The van der Waals surface area contributed by atoms with Crippen molar-refractivity contribution in [1.82, 2.24) is 10.1 Å². The summed E-state index contributed by atoms with van der Waals surface area (Å²) in [5, 5.41) is 3.98. The smallest absolute Gasteiger partial charge is 0.150 e. The van der Waals surface area contributed by atoms with Crippen LogP contribution in [0.4, 0.5) is 0 Å². The van der Waals surface area contributed by atoms with E-state index in [4.69, 9.17) is 10.3 Å². The quantitative estimate of drug-likeness (QED) is 0.785. The maximum atomic E-state index is 5.45. The Morgan fingerprint density at radius 1 is 1.36 bits per heavy atom. The summed E-state index contributed by atoms with van der Waals surface area (Å²) in [5.74, 6) is 0.775. The second-order valence-corrected chi connectivity index (χ2v) is 3.83. The van der Waals surface area contributed by atoms with Crippen LogP contribution < -0.4 is 5.73 Å². The van der Waals surface area contributed by atoms with Crippen molar-refractivity contribution in [3.8, 4) is 0 Å². The zero-order chi connectivity index (χ0) is 9.80. The van der Waals surface area contributed by atoms with Crippen molar-refractivity contribution >= 4 is 0 Å². The molecule has 0 spiro atoms. The van der Waals surface area contributed by atoms with E-state index in [2.05, 4.69) is 10.1 Å². The fraction of sp³-hybridized carbons (Fsp3) is 0.700. The van der Waals surface area contributed by atoms with Crippen LogP contribution in [0.2, 0.25) is 0 Å². The largest absolute Gasteiger partial charge is 0.360 e. The van der Waals surface area contributed by atoms with Gasteiger partial charge in [0.05, 0.1) is 12.2 Å². The summed E-state index contributed by atoms with van der Waals surface area (Å²) in [6.07, 6.45) is 3.98. The number of likely N-dealkylation sites (tertiary alicyclic amines) is 1. The van der Waals surface area contributed by atoms with Gasteiger partial charge in [0.2, 0.25) is 0 Å². The van der Waals surface area contributed by atoms with E-state index in [1.807, 2.05) is 6.07 Å². The summed E-state index contributed by atoms with van der Waals surface area (Å²) >= 11 is 0. The highest BCUT2D eigenvalue weighted by atomic mass is 16.5. The molecule has 0 radical (unpaired) electrons. The Morgan fingerprint density at radius 2 is 2.14 bits per heavy atom. The molecule has 1 aliphatic heterocycles. The molecule has 2 rings (SSSR count). The third-order valence-electron chi connectivity index (χ3n) is 2.64. The van der Waals surface area contributed by atoms with Gasteiger partial charge < -0.3 is 10.3 Å². The van der Waals surface area contributed by atoms with Crippen molar-refractivity contribution in [3.05, 3.63) is 17.5 Å². The van der Waals surface area contributed by atoms with Crippen LogP contribution in [0.3, 0.4) is 0 Å². The van der Waals surface area contributed by atoms with Gasteiger partial charge in [0.15, 0.2) is 5.76 Å². The van der Waals surface area contributed by atoms with Crippen molar-refractivity contribution in [3.63, 3.8) is 0 Å². The summed E-state index contributed by atoms with van der Waals surface area (Å²) in [4.78, 5) is 2.42. The third kappa shape index (κ3) is 2.33. The lowest BCUT2D eigenvalue weighted by atomic mass is 10.1. The highest BCUT2D eigenvalue weighted by Gasteiger charge is 2.12.